The standard InChI is InChI=1S/C13H24O2/c1-3-4-5-6-7-11-10-12(11)8-9-13(14)15-2/h11-12H,3-10H2,1-2H3/t11-,12-/m1/s1. The molecule has 1 aliphatic carbocycles. The Balaban J connectivity index is 1.91. The zero-order valence-corrected chi connectivity index (χ0v) is 10.1. The molecule has 0 saturated heterocycles. The van der Waals surface area contributed by atoms with Crippen molar-refractivity contribution in [2.24, 2.45) is 11.8 Å². The SMILES string of the molecule is CCCCCC[C@@H]1C[C@H]1CCC(=O)OC. The van der Waals surface area contributed by atoms with Gasteiger partial charge in [0.25, 0.3) is 0 Å². The molecule has 0 aliphatic heterocycles. The van der Waals surface area contributed by atoms with Gasteiger partial charge in [0.2, 0.25) is 0 Å². The minimum atomic E-state index is -0.0494. The number of carbonyl (C=O) groups is 1. The van der Waals surface area contributed by atoms with E-state index in [4.69, 9.17) is 0 Å². The third kappa shape index (κ3) is 5.19. The zero-order valence-electron chi connectivity index (χ0n) is 10.1. The molecule has 1 saturated carbocycles. The van der Waals surface area contributed by atoms with Gasteiger partial charge in [0.1, 0.15) is 0 Å². The Kier molecular flexibility index (Phi) is 5.74. The molecule has 2 nitrogen and oxygen atoms in total. The summed E-state index contributed by atoms with van der Waals surface area (Å²) in [7, 11) is 1.47. The molecule has 0 aromatic rings. The van der Waals surface area contributed by atoms with Crippen molar-refractivity contribution < 1.29 is 9.53 Å². The topological polar surface area (TPSA) is 26.3 Å². The van der Waals surface area contributed by atoms with E-state index in [1.807, 2.05) is 0 Å². The Bertz CT molecular complexity index is 189. The molecule has 0 amide bonds. The molecule has 0 bridgehead atoms. The molecule has 88 valence electrons. The Morgan fingerprint density at radius 1 is 1.20 bits per heavy atom. The Morgan fingerprint density at radius 2 is 1.93 bits per heavy atom. The highest BCUT2D eigenvalue weighted by atomic mass is 16.5. The van der Waals surface area contributed by atoms with Gasteiger partial charge in [-0.1, -0.05) is 39.0 Å². The van der Waals surface area contributed by atoms with Crippen LogP contribution in [0.2, 0.25) is 0 Å². The normalized spacial score (nSPS) is 23.9. The van der Waals surface area contributed by atoms with Crippen molar-refractivity contribution in [1.29, 1.82) is 0 Å². The van der Waals surface area contributed by atoms with E-state index in [0.29, 0.717) is 6.42 Å². The van der Waals surface area contributed by atoms with Crippen LogP contribution in [0, 0.1) is 11.8 Å². The van der Waals surface area contributed by atoms with E-state index in [1.54, 1.807) is 0 Å². The van der Waals surface area contributed by atoms with Crippen LogP contribution in [-0.2, 0) is 9.53 Å². The van der Waals surface area contributed by atoms with Gasteiger partial charge in [-0.3, -0.25) is 4.79 Å². The van der Waals surface area contributed by atoms with E-state index >= 15 is 0 Å². The number of unbranched alkanes of at least 4 members (excludes halogenated alkanes) is 3. The van der Waals surface area contributed by atoms with Crippen molar-refractivity contribution in [3.8, 4) is 0 Å². The van der Waals surface area contributed by atoms with E-state index in [1.165, 1.54) is 45.6 Å². The summed E-state index contributed by atoms with van der Waals surface area (Å²) in [6, 6.07) is 0. The lowest BCUT2D eigenvalue weighted by Gasteiger charge is -2.00. The molecule has 2 atom stereocenters. The van der Waals surface area contributed by atoms with Crippen molar-refractivity contribution in [3.05, 3.63) is 0 Å². The molecule has 15 heavy (non-hydrogen) atoms. The van der Waals surface area contributed by atoms with Crippen LogP contribution in [0.5, 0.6) is 0 Å². The van der Waals surface area contributed by atoms with Gasteiger partial charge < -0.3 is 4.74 Å². The maximum Gasteiger partial charge on any atom is 0.305 e. The number of hydrogen-bond acceptors (Lipinski definition) is 2. The minimum absolute atomic E-state index is 0.0494. The molecule has 0 unspecified atom stereocenters. The van der Waals surface area contributed by atoms with Gasteiger partial charge in [-0.05, 0) is 24.7 Å². The van der Waals surface area contributed by atoms with Crippen molar-refractivity contribution in [3.63, 3.8) is 0 Å². The van der Waals surface area contributed by atoms with Crippen LogP contribution in [0.3, 0.4) is 0 Å². The lowest BCUT2D eigenvalue weighted by Crippen LogP contribution is -2.00. The first-order valence-corrected chi connectivity index (χ1v) is 6.34. The Morgan fingerprint density at radius 3 is 2.60 bits per heavy atom. The first kappa shape index (κ1) is 12.5. The van der Waals surface area contributed by atoms with E-state index in [-0.39, 0.29) is 5.97 Å². The van der Waals surface area contributed by atoms with Gasteiger partial charge in [0.15, 0.2) is 0 Å². The third-order valence-corrected chi connectivity index (χ3v) is 3.44. The first-order valence-electron chi connectivity index (χ1n) is 6.34. The maximum atomic E-state index is 10.9. The van der Waals surface area contributed by atoms with Crippen LogP contribution in [0.15, 0.2) is 0 Å². The minimum Gasteiger partial charge on any atom is -0.469 e. The average molecular weight is 212 g/mol. The summed E-state index contributed by atoms with van der Waals surface area (Å²) in [6.45, 7) is 2.25. The van der Waals surface area contributed by atoms with Crippen molar-refractivity contribution in [2.75, 3.05) is 7.11 Å². The van der Waals surface area contributed by atoms with E-state index in [9.17, 15) is 4.79 Å². The number of carbonyl (C=O) groups excluding carboxylic acids is 1. The largest absolute Gasteiger partial charge is 0.469 e. The highest BCUT2D eigenvalue weighted by molar-refractivity contribution is 5.69. The van der Waals surface area contributed by atoms with Gasteiger partial charge in [-0.15, -0.1) is 0 Å². The van der Waals surface area contributed by atoms with Crippen LogP contribution < -0.4 is 0 Å². The molecular weight excluding hydrogens is 188 g/mol. The lowest BCUT2D eigenvalue weighted by molar-refractivity contribution is -0.140. The number of esters is 1. The Labute approximate surface area is 93.4 Å². The predicted octanol–water partition coefficient (Wildman–Crippen LogP) is 3.55. The number of methoxy groups -OCH3 is 1. The summed E-state index contributed by atoms with van der Waals surface area (Å²) in [5.41, 5.74) is 0. The van der Waals surface area contributed by atoms with E-state index in [2.05, 4.69) is 11.7 Å². The van der Waals surface area contributed by atoms with Gasteiger partial charge >= 0.3 is 5.97 Å². The van der Waals surface area contributed by atoms with Gasteiger partial charge in [-0.25, -0.2) is 0 Å². The van der Waals surface area contributed by atoms with E-state index < -0.39 is 0 Å². The second-order valence-corrected chi connectivity index (χ2v) is 4.72. The first-order chi connectivity index (χ1) is 7.27. The maximum absolute atomic E-state index is 10.9. The molecule has 1 fully saturated rings. The summed E-state index contributed by atoms with van der Waals surface area (Å²) < 4.78 is 4.64. The van der Waals surface area contributed by atoms with Crippen LogP contribution in [-0.4, -0.2) is 13.1 Å². The van der Waals surface area contributed by atoms with Crippen LogP contribution in [0.25, 0.3) is 0 Å². The highest BCUT2D eigenvalue weighted by Crippen LogP contribution is 2.45. The fraction of sp³-hybridized carbons (Fsp3) is 0.923. The van der Waals surface area contributed by atoms with Crippen molar-refractivity contribution in [2.45, 2.75) is 58.3 Å². The van der Waals surface area contributed by atoms with Crippen molar-refractivity contribution in [1.82, 2.24) is 0 Å². The fourth-order valence-corrected chi connectivity index (χ4v) is 2.26. The summed E-state index contributed by atoms with van der Waals surface area (Å²) in [5, 5.41) is 0. The third-order valence-electron chi connectivity index (χ3n) is 3.44. The smallest absolute Gasteiger partial charge is 0.305 e. The molecule has 0 heterocycles. The van der Waals surface area contributed by atoms with Gasteiger partial charge in [-0.2, -0.15) is 0 Å². The van der Waals surface area contributed by atoms with Crippen LogP contribution >= 0.6 is 0 Å². The fourth-order valence-electron chi connectivity index (χ4n) is 2.26. The summed E-state index contributed by atoms with van der Waals surface area (Å²) >= 11 is 0. The lowest BCUT2D eigenvalue weighted by atomic mass is 10.1. The predicted molar refractivity (Wildman–Crippen MR) is 61.6 cm³/mol. The molecule has 0 aromatic heterocycles. The summed E-state index contributed by atoms with van der Waals surface area (Å²) in [5.74, 6) is 1.70. The molecule has 0 aromatic carbocycles. The molecule has 0 radical (unpaired) electrons. The van der Waals surface area contributed by atoms with Crippen LogP contribution in [0.1, 0.15) is 58.3 Å². The Hall–Kier alpha value is -0.530. The molecule has 1 aliphatic rings. The van der Waals surface area contributed by atoms with Crippen LogP contribution in [0.4, 0.5) is 0 Å². The van der Waals surface area contributed by atoms with Gasteiger partial charge in [0, 0.05) is 6.42 Å². The average Bonchev–Trinajstić information content (AvgIpc) is 3.00. The van der Waals surface area contributed by atoms with E-state index in [0.717, 1.165) is 18.3 Å². The summed E-state index contributed by atoms with van der Waals surface area (Å²) in [6.07, 6.45) is 9.85. The summed E-state index contributed by atoms with van der Waals surface area (Å²) in [4.78, 5) is 10.9. The van der Waals surface area contributed by atoms with Gasteiger partial charge in [0.05, 0.1) is 7.11 Å². The quantitative estimate of drug-likeness (QED) is 0.454. The number of hydrogen-bond donors (Lipinski definition) is 0. The molecule has 0 spiro atoms. The monoisotopic (exact) mass is 212 g/mol. The second kappa shape index (κ2) is 6.86. The number of rotatable bonds is 8. The molecule has 0 N–H and O–H groups in total. The molecule has 2 heteroatoms. The molecule has 1 rings (SSSR count). The highest BCUT2D eigenvalue weighted by Gasteiger charge is 2.35. The molecular formula is C13H24O2. The van der Waals surface area contributed by atoms with Crippen molar-refractivity contribution >= 4 is 5.97 Å². The second-order valence-electron chi connectivity index (χ2n) is 4.72. The number of ether oxygens (including phenoxy) is 1. The zero-order chi connectivity index (χ0) is 11.1.